The summed E-state index contributed by atoms with van der Waals surface area (Å²) in [5.41, 5.74) is 3.98. The SMILES string of the molecule is COc1ccc(-c2ncc3n2CN(C(=O)N2CCCNCC2)c2ccccc2-3)cc1. The monoisotopic (exact) mass is 403 g/mol. The highest BCUT2D eigenvalue weighted by Crippen LogP contribution is 2.39. The van der Waals surface area contributed by atoms with Crippen LogP contribution in [-0.4, -0.2) is 53.8 Å². The molecule has 1 aromatic heterocycles. The fourth-order valence-corrected chi connectivity index (χ4v) is 4.22. The van der Waals surface area contributed by atoms with Crippen LogP contribution in [0.15, 0.2) is 54.7 Å². The second kappa shape index (κ2) is 7.84. The number of aromatic nitrogens is 2. The number of nitrogens with zero attached hydrogens (tertiary/aromatic N) is 4. The zero-order valence-electron chi connectivity index (χ0n) is 17.0. The summed E-state index contributed by atoms with van der Waals surface area (Å²) < 4.78 is 7.40. The number of imidazole rings is 1. The molecule has 1 N–H and O–H groups in total. The van der Waals surface area contributed by atoms with Crippen molar-refractivity contribution >= 4 is 11.7 Å². The lowest BCUT2D eigenvalue weighted by atomic mass is 10.1. The summed E-state index contributed by atoms with van der Waals surface area (Å²) in [4.78, 5) is 22.0. The maximum Gasteiger partial charge on any atom is 0.326 e. The number of anilines is 1. The molecular formula is C23H25N5O2. The van der Waals surface area contributed by atoms with Crippen molar-refractivity contribution in [3.8, 4) is 28.4 Å². The van der Waals surface area contributed by atoms with Crippen LogP contribution >= 0.6 is 0 Å². The van der Waals surface area contributed by atoms with E-state index in [9.17, 15) is 4.79 Å². The minimum Gasteiger partial charge on any atom is -0.497 e. The molecule has 7 nitrogen and oxygen atoms in total. The number of hydrogen-bond donors (Lipinski definition) is 1. The van der Waals surface area contributed by atoms with Crippen molar-refractivity contribution in [3.05, 3.63) is 54.7 Å². The number of amides is 2. The maximum atomic E-state index is 13.5. The number of carbonyl (C=O) groups excluding carboxylic acids is 1. The van der Waals surface area contributed by atoms with E-state index in [0.29, 0.717) is 6.67 Å². The van der Waals surface area contributed by atoms with Gasteiger partial charge in [0.15, 0.2) is 0 Å². The second-order valence-corrected chi connectivity index (χ2v) is 7.58. The summed E-state index contributed by atoms with van der Waals surface area (Å²) in [6.45, 7) is 3.71. The highest BCUT2D eigenvalue weighted by molar-refractivity contribution is 5.97. The molecule has 0 spiro atoms. The van der Waals surface area contributed by atoms with Gasteiger partial charge >= 0.3 is 6.03 Å². The summed E-state index contributed by atoms with van der Waals surface area (Å²) in [5, 5.41) is 3.37. The Morgan fingerprint density at radius 3 is 2.73 bits per heavy atom. The van der Waals surface area contributed by atoms with E-state index < -0.39 is 0 Å². The first-order valence-corrected chi connectivity index (χ1v) is 10.3. The summed E-state index contributed by atoms with van der Waals surface area (Å²) in [6, 6.07) is 16.0. The van der Waals surface area contributed by atoms with Gasteiger partial charge in [0.25, 0.3) is 0 Å². The third-order valence-electron chi connectivity index (χ3n) is 5.80. The Labute approximate surface area is 175 Å². The van der Waals surface area contributed by atoms with E-state index in [-0.39, 0.29) is 6.03 Å². The number of benzene rings is 2. The highest BCUT2D eigenvalue weighted by Gasteiger charge is 2.31. The number of urea groups is 1. The number of nitrogens with one attached hydrogen (secondary N) is 1. The molecule has 3 aromatic rings. The molecule has 154 valence electrons. The number of rotatable bonds is 2. The van der Waals surface area contributed by atoms with E-state index in [1.807, 2.05) is 58.5 Å². The van der Waals surface area contributed by atoms with Gasteiger partial charge in [-0.25, -0.2) is 9.78 Å². The molecular weight excluding hydrogens is 378 g/mol. The van der Waals surface area contributed by atoms with E-state index in [2.05, 4.69) is 16.0 Å². The molecule has 30 heavy (non-hydrogen) atoms. The number of ether oxygens (including phenoxy) is 1. The largest absolute Gasteiger partial charge is 0.497 e. The standard InChI is InChI=1S/C23H25N5O2/c1-30-18-9-7-17(8-10-18)22-25-15-21-19-5-2-3-6-20(19)28(16-27(21)22)23(29)26-13-4-11-24-12-14-26/h2-3,5-10,15,24H,4,11-14,16H2,1H3. The Bertz CT molecular complexity index is 1050. The molecule has 0 aliphatic carbocycles. The van der Waals surface area contributed by atoms with E-state index >= 15 is 0 Å². The van der Waals surface area contributed by atoms with Gasteiger partial charge in [0.05, 0.1) is 24.7 Å². The van der Waals surface area contributed by atoms with Gasteiger partial charge in [0.2, 0.25) is 0 Å². The van der Waals surface area contributed by atoms with Crippen molar-refractivity contribution in [2.75, 3.05) is 38.2 Å². The maximum absolute atomic E-state index is 13.5. The summed E-state index contributed by atoms with van der Waals surface area (Å²) in [7, 11) is 1.66. The minimum atomic E-state index is 0.0474. The van der Waals surface area contributed by atoms with Crippen molar-refractivity contribution in [2.24, 2.45) is 0 Å². The number of fused-ring (bicyclic) bond motifs is 3. The van der Waals surface area contributed by atoms with Gasteiger partial charge in [-0.15, -0.1) is 0 Å². The number of methoxy groups -OCH3 is 1. The molecule has 5 rings (SSSR count). The third kappa shape index (κ3) is 3.21. The van der Waals surface area contributed by atoms with Crippen LogP contribution in [0.5, 0.6) is 5.75 Å². The van der Waals surface area contributed by atoms with E-state index in [4.69, 9.17) is 9.72 Å². The fourth-order valence-electron chi connectivity index (χ4n) is 4.22. The average molecular weight is 403 g/mol. The molecule has 1 fully saturated rings. The van der Waals surface area contributed by atoms with Gasteiger partial charge in [-0.05, 0) is 43.3 Å². The Balaban J connectivity index is 1.55. The Morgan fingerprint density at radius 2 is 1.90 bits per heavy atom. The summed E-state index contributed by atoms with van der Waals surface area (Å²) >= 11 is 0. The molecule has 0 radical (unpaired) electrons. The molecule has 0 bridgehead atoms. The van der Waals surface area contributed by atoms with E-state index in [1.165, 1.54) is 0 Å². The first-order chi connectivity index (χ1) is 14.8. The predicted molar refractivity (Wildman–Crippen MR) is 117 cm³/mol. The van der Waals surface area contributed by atoms with Gasteiger partial charge in [-0.1, -0.05) is 18.2 Å². The van der Waals surface area contributed by atoms with Gasteiger partial charge in [-0.2, -0.15) is 0 Å². The molecule has 2 aromatic carbocycles. The van der Waals surface area contributed by atoms with Crippen LogP contribution in [-0.2, 0) is 6.67 Å². The normalized spacial score (nSPS) is 15.9. The van der Waals surface area contributed by atoms with Crippen LogP contribution < -0.4 is 15.0 Å². The lowest BCUT2D eigenvalue weighted by Crippen LogP contribution is -2.46. The number of para-hydroxylation sites is 1. The molecule has 2 amide bonds. The Kier molecular flexibility index (Phi) is 4.88. The molecule has 0 atom stereocenters. The summed E-state index contributed by atoms with van der Waals surface area (Å²) in [6.07, 6.45) is 2.87. The lowest BCUT2D eigenvalue weighted by molar-refractivity contribution is 0.206. The van der Waals surface area contributed by atoms with Crippen molar-refractivity contribution in [2.45, 2.75) is 13.1 Å². The summed E-state index contributed by atoms with van der Waals surface area (Å²) in [5.74, 6) is 1.65. The van der Waals surface area contributed by atoms with Gasteiger partial charge in [0.1, 0.15) is 18.2 Å². The van der Waals surface area contributed by atoms with E-state index in [0.717, 1.165) is 66.7 Å². The zero-order chi connectivity index (χ0) is 20.5. The molecule has 7 heteroatoms. The van der Waals surface area contributed by atoms with Gasteiger partial charge in [0, 0.05) is 30.8 Å². The van der Waals surface area contributed by atoms with Crippen LogP contribution in [0.2, 0.25) is 0 Å². The van der Waals surface area contributed by atoms with Crippen molar-refractivity contribution < 1.29 is 9.53 Å². The lowest BCUT2D eigenvalue weighted by Gasteiger charge is -2.35. The van der Waals surface area contributed by atoms with Crippen LogP contribution in [0.3, 0.4) is 0 Å². The van der Waals surface area contributed by atoms with Crippen LogP contribution in [0, 0.1) is 0 Å². The smallest absolute Gasteiger partial charge is 0.326 e. The van der Waals surface area contributed by atoms with Crippen LogP contribution in [0.4, 0.5) is 10.5 Å². The molecule has 2 aliphatic rings. The zero-order valence-corrected chi connectivity index (χ0v) is 17.0. The topological polar surface area (TPSA) is 62.6 Å². The number of carbonyl (C=O) groups is 1. The molecule has 1 saturated heterocycles. The van der Waals surface area contributed by atoms with E-state index in [1.54, 1.807) is 7.11 Å². The molecule has 3 heterocycles. The van der Waals surface area contributed by atoms with Crippen molar-refractivity contribution in [1.29, 1.82) is 0 Å². The predicted octanol–water partition coefficient (Wildman–Crippen LogP) is 3.42. The quantitative estimate of drug-likeness (QED) is 0.712. The van der Waals surface area contributed by atoms with Crippen molar-refractivity contribution in [3.63, 3.8) is 0 Å². The number of hydrogen-bond acceptors (Lipinski definition) is 4. The molecule has 0 saturated carbocycles. The minimum absolute atomic E-state index is 0.0474. The van der Waals surface area contributed by atoms with Crippen molar-refractivity contribution in [1.82, 2.24) is 19.8 Å². The Morgan fingerprint density at radius 1 is 1.07 bits per heavy atom. The molecule has 2 aliphatic heterocycles. The second-order valence-electron chi connectivity index (χ2n) is 7.58. The third-order valence-corrected chi connectivity index (χ3v) is 5.80. The highest BCUT2D eigenvalue weighted by atomic mass is 16.5. The van der Waals surface area contributed by atoms with Gasteiger partial charge < -0.3 is 19.5 Å². The van der Waals surface area contributed by atoms with Gasteiger partial charge in [-0.3, -0.25) is 4.90 Å². The first-order valence-electron chi connectivity index (χ1n) is 10.3. The van der Waals surface area contributed by atoms with Crippen LogP contribution in [0.1, 0.15) is 6.42 Å². The molecule has 0 unspecified atom stereocenters. The van der Waals surface area contributed by atoms with Crippen LogP contribution in [0.25, 0.3) is 22.6 Å². The Hall–Kier alpha value is -3.32. The fraction of sp³-hybridized carbons (Fsp3) is 0.304. The first kappa shape index (κ1) is 18.7. The average Bonchev–Trinajstić information content (AvgIpc) is 3.03.